The minimum Gasteiger partial charge on any atom is -0.350 e. The van der Waals surface area contributed by atoms with Crippen LogP contribution in [-0.2, 0) is 22.7 Å². The number of benzene rings is 2. The van der Waals surface area contributed by atoms with Gasteiger partial charge in [0.15, 0.2) is 0 Å². The molecule has 1 atom stereocenters. The minimum absolute atomic E-state index is 0.0664. The molecular weight excluding hydrogens is 398 g/mol. The van der Waals surface area contributed by atoms with Crippen LogP contribution < -0.4 is 5.32 Å². The molecule has 2 fully saturated rings. The van der Waals surface area contributed by atoms with Gasteiger partial charge in [-0.2, -0.15) is 0 Å². The maximum absolute atomic E-state index is 13.2. The Balaban J connectivity index is 1.37. The quantitative estimate of drug-likeness (QED) is 0.709. The Labute approximate surface area is 191 Å². The Morgan fingerprint density at radius 3 is 2.34 bits per heavy atom. The molecule has 32 heavy (non-hydrogen) atoms. The first-order chi connectivity index (χ1) is 15.6. The molecule has 0 saturated carbocycles. The number of hydrogen-bond acceptors (Lipinski definition) is 3. The lowest BCUT2D eigenvalue weighted by molar-refractivity contribution is -0.142. The summed E-state index contributed by atoms with van der Waals surface area (Å²) in [7, 11) is 0. The maximum Gasteiger partial charge on any atom is 0.247 e. The number of amides is 2. The summed E-state index contributed by atoms with van der Waals surface area (Å²) in [6, 6.07) is 17.6. The highest BCUT2D eigenvalue weighted by Crippen LogP contribution is 2.26. The Morgan fingerprint density at radius 2 is 1.66 bits per heavy atom. The topological polar surface area (TPSA) is 52.7 Å². The zero-order valence-corrected chi connectivity index (χ0v) is 19.1. The van der Waals surface area contributed by atoms with Gasteiger partial charge >= 0.3 is 0 Å². The standard InChI is InChI=1S/C27H35N3O2/c1-21-14-17-29(18-15-21)20-23-12-10-22(11-13-23)19-28-27(32)26(24-7-3-2-4-8-24)30-16-6-5-9-25(30)31/h2-4,7-8,10-13,21,26H,5-6,9,14-20H2,1H3,(H,28,32). The lowest BCUT2D eigenvalue weighted by Crippen LogP contribution is -2.45. The van der Waals surface area contributed by atoms with Gasteiger partial charge in [0.25, 0.3) is 0 Å². The summed E-state index contributed by atoms with van der Waals surface area (Å²) in [6.07, 6.45) is 4.94. The molecule has 0 spiro atoms. The summed E-state index contributed by atoms with van der Waals surface area (Å²) < 4.78 is 0. The van der Waals surface area contributed by atoms with Gasteiger partial charge in [0.05, 0.1) is 0 Å². The van der Waals surface area contributed by atoms with E-state index < -0.39 is 6.04 Å². The third-order valence-electron chi connectivity index (χ3n) is 6.81. The van der Waals surface area contributed by atoms with Crippen molar-refractivity contribution in [2.75, 3.05) is 19.6 Å². The van der Waals surface area contributed by atoms with Crippen molar-refractivity contribution in [3.05, 3.63) is 71.3 Å². The molecular formula is C27H35N3O2. The van der Waals surface area contributed by atoms with Crippen LogP contribution in [0.15, 0.2) is 54.6 Å². The van der Waals surface area contributed by atoms with E-state index in [9.17, 15) is 9.59 Å². The molecule has 0 aromatic heterocycles. The van der Waals surface area contributed by atoms with Crippen molar-refractivity contribution in [3.8, 4) is 0 Å². The largest absolute Gasteiger partial charge is 0.350 e. The van der Waals surface area contributed by atoms with E-state index in [4.69, 9.17) is 0 Å². The average molecular weight is 434 g/mol. The summed E-state index contributed by atoms with van der Waals surface area (Å²) in [5.41, 5.74) is 3.26. The van der Waals surface area contributed by atoms with E-state index in [1.165, 1.54) is 31.5 Å². The predicted octanol–water partition coefficient (Wildman–Crippen LogP) is 4.29. The third kappa shape index (κ3) is 5.77. The van der Waals surface area contributed by atoms with Crippen LogP contribution in [0.1, 0.15) is 61.8 Å². The zero-order chi connectivity index (χ0) is 22.3. The van der Waals surface area contributed by atoms with Crippen molar-refractivity contribution in [1.82, 2.24) is 15.1 Å². The molecule has 2 aromatic carbocycles. The summed E-state index contributed by atoms with van der Waals surface area (Å²) >= 11 is 0. The number of likely N-dealkylation sites (tertiary alicyclic amines) is 2. The van der Waals surface area contributed by atoms with Crippen molar-refractivity contribution >= 4 is 11.8 Å². The van der Waals surface area contributed by atoms with Gasteiger partial charge in [-0.1, -0.05) is 61.5 Å². The molecule has 2 saturated heterocycles. The van der Waals surface area contributed by atoms with E-state index in [-0.39, 0.29) is 11.8 Å². The van der Waals surface area contributed by atoms with Crippen LogP contribution in [0.4, 0.5) is 0 Å². The molecule has 1 N–H and O–H groups in total. The highest BCUT2D eigenvalue weighted by Gasteiger charge is 2.32. The molecule has 5 nitrogen and oxygen atoms in total. The summed E-state index contributed by atoms with van der Waals surface area (Å²) in [6.45, 7) is 6.78. The molecule has 2 amide bonds. The summed E-state index contributed by atoms with van der Waals surface area (Å²) in [4.78, 5) is 30.0. The number of rotatable bonds is 7. The van der Waals surface area contributed by atoms with Crippen LogP contribution in [0.2, 0.25) is 0 Å². The van der Waals surface area contributed by atoms with Gasteiger partial charge < -0.3 is 10.2 Å². The maximum atomic E-state index is 13.2. The molecule has 2 aromatic rings. The van der Waals surface area contributed by atoms with Crippen molar-refractivity contribution in [2.45, 2.75) is 58.2 Å². The highest BCUT2D eigenvalue weighted by atomic mass is 16.2. The van der Waals surface area contributed by atoms with Gasteiger partial charge in [-0.3, -0.25) is 14.5 Å². The Bertz CT molecular complexity index is 889. The SMILES string of the molecule is CC1CCN(Cc2ccc(CNC(=O)C(c3ccccc3)N3CCCCC3=O)cc2)CC1. The zero-order valence-electron chi connectivity index (χ0n) is 19.1. The molecule has 0 bridgehead atoms. The van der Waals surface area contributed by atoms with Crippen molar-refractivity contribution in [1.29, 1.82) is 0 Å². The molecule has 0 aliphatic carbocycles. The van der Waals surface area contributed by atoms with E-state index in [0.717, 1.165) is 36.4 Å². The van der Waals surface area contributed by atoms with E-state index in [1.807, 2.05) is 30.3 Å². The fourth-order valence-electron chi connectivity index (χ4n) is 4.73. The monoisotopic (exact) mass is 433 g/mol. The Hall–Kier alpha value is -2.66. The van der Waals surface area contributed by atoms with Crippen LogP contribution in [0.3, 0.4) is 0 Å². The average Bonchev–Trinajstić information content (AvgIpc) is 2.82. The van der Waals surface area contributed by atoms with Crippen LogP contribution in [-0.4, -0.2) is 41.2 Å². The third-order valence-corrected chi connectivity index (χ3v) is 6.81. The van der Waals surface area contributed by atoms with E-state index in [2.05, 4.69) is 41.4 Å². The van der Waals surface area contributed by atoms with E-state index in [0.29, 0.717) is 19.5 Å². The second-order valence-corrected chi connectivity index (χ2v) is 9.35. The van der Waals surface area contributed by atoms with Crippen LogP contribution in [0.5, 0.6) is 0 Å². The number of carbonyl (C=O) groups is 2. The highest BCUT2D eigenvalue weighted by molar-refractivity contribution is 5.89. The van der Waals surface area contributed by atoms with Crippen molar-refractivity contribution in [3.63, 3.8) is 0 Å². The van der Waals surface area contributed by atoms with Crippen LogP contribution in [0.25, 0.3) is 0 Å². The molecule has 4 rings (SSSR count). The van der Waals surface area contributed by atoms with Gasteiger partial charge in [-0.05, 0) is 61.4 Å². The second-order valence-electron chi connectivity index (χ2n) is 9.35. The molecule has 2 aliphatic heterocycles. The molecule has 2 heterocycles. The van der Waals surface area contributed by atoms with Gasteiger partial charge in [0, 0.05) is 26.1 Å². The molecule has 2 aliphatic rings. The van der Waals surface area contributed by atoms with Crippen LogP contribution >= 0.6 is 0 Å². The van der Waals surface area contributed by atoms with Crippen LogP contribution in [0, 0.1) is 5.92 Å². The molecule has 0 radical (unpaired) electrons. The molecule has 5 heteroatoms. The number of nitrogens with one attached hydrogen (secondary N) is 1. The molecule has 1 unspecified atom stereocenters. The lowest BCUT2D eigenvalue weighted by Gasteiger charge is -2.34. The van der Waals surface area contributed by atoms with Gasteiger partial charge in [-0.25, -0.2) is 0 Å². The first-order valence-electron chi connectivity index (χ1n) is 12.0. The fourth-order valence-corrected chi connectivity index (χ4v) is 4.73. The van der Waals surface area contributed by atoms with Crippen molar-refractivity contribution < 1.29 is 9.59 Å². The number of piperidine rings is 2. The van der Waals surface area contributed by atoms with Gasteiger partial charge in [-0.15, -0.1) is 0 Å². The summed E-state index contributed by atoms with van der Waals surface area (Å²) in [5, 5.41) is 3.08. The number of nitrogens with zero attached hydrogens (tertiary/aromatic N) is 2. The minimum atomic E-state index is -0.565. The Kier molecular flexibility index (Phi) is 7.59. The van der Waals surface area contributed by atoms with E-state index in [1.54, 1.807) is 4.90 Å². The van der Waals surface area contributed by atoms with Gasteiger partial charge in [0.1, 0.15) is 6.04 Å². The normalized spacial score (nSPS) is 19.0. The van der Waals surface area contributed by atoms with Crippen molar-refractivity contribution in [2.24, 2.45) is 5.92 Å². The lowest BCUT2D eigenvalue weighted by atomic mass is 9.99. The van der Waals surface area contributed by atoms with E-state index >= 15 is 0 Å². The predicted molar refractivity (Wildman–Crippen MR) is 127 cm³/mol. The van der Waals surface area contributed by atoms with Gasteiger partial charge in [0.2, 0.25) is 11.8 Å². The molecule has 170 valence electrons. The smallest absolute Gasteiger partial charge is 0.247 e. The second kappa shape index (κ2) is 10.8. The first kappa shape index (κ1) is 22.5. The number of carbonyl (C=O) groups excluding carboxylic acids is 2. The summed E-state index contributed by atoms with van der Waals surface area (Å²) in [5.74, 6) is 0.798. The first-order valence-corrected chi connectivity index (χ1v) is 12.0. The fraction of sp³-hybridized carbons (Fsp3) is 0.481. The number of hydrogen-bond donors (Lipinski definition) is 1. The Morgan fingerprint density at radius 1 is 0.969 bits per heavy atom.